The van der Waals surface area contributed by atoms with Gasteiger partial charge < -0.3 is 19.5 Å². The van der Waals surface area contributed by atoms with Crippen LogP contribution in [0.5, 0.6) is 11.5 Å². The Balaban J connectivity index is 1.30. The summed E-state index contributed by atoms with van der Waals surface area (Å²) in [6, 6.07) is 21.8. The molecule has 0 radical (unpaired) electrons. The van der Waals surface area contributed by atoms with Gasteiger partial charge in [0.2, 0.25) is 10.0 Å². The lowest BCUT2D eigenvalue weighted by atomic mass is 10.2. The summed E-state index contributed by atoms with van der Waals surface area (Å²) in [5, 5.41) is 6.76. The number of carbonyl (C=O) groups excluding carboxylic acids is 2. The number of hydrogen-bond donors (Lipinski definition) is 2. The Morgan fingerprint density at radius 2 is 1.71 bits per heavy atom. The molecule has 4 rings (SSSR count). The van der Waals surface area contributed by atoms with E-state index < -0.39 is 22.5 Å². The summed E-state index contributed by atoms with van der Waals surface area (Å²) in [4.78, 5) is 24.8. The van der Waals surface area contributed by atoms with Crippen molar-refractivity contribution < 1.29 is 32.2 Å². The number of nitrogens with zero attached hydrogens (tertiary/aromatic N) is 2. The van der Waals surface area contributed by atoms with Crippen LogP contribution in [0.3, 0.4) is 0 Å². The van der Waals surface area contributed by atoms with Gasteiger partial charge in [-0.25, -0.2) is 13.8 Å². The smallest absolute Gasteiger partial charge is 0.258 e. The number of nitrogens with one attached hydrogen (secondary N) is 2. The molecule has 2 amide bonds. The van der Waals surface area contributed by atoms with Crippen LogP contribution in [-0.2, 0) is 30.9 Å². The summed E-state index contributed by atoms with van der Waals surface area (Å²) in [7, 11) is -2.51. The molecule has 0 unspecified atom stereocenters. The summed E-state index contributed by atoms with van der Waals surface area (Å²) in [6.07, 6.45) is 3.45. The minimum absolute atomic E-state index is 0.000179. The molecule has 222 valence electrons. The van der Waals surface area contributed by atoms with E-state index in [9.17, 15) is 18.0 Å². The maximum atomic E-state index is 13.4. The SMILES string of the molecule is COc1ccc(S(=O)(=O)N(CC(=O)N/N=C/c2ccc(OCC(=O)NC[C@H]3CCCO3)cc2)Cc2ccccc2)cc1. The van der Waals surface area contributed by atoms with Crippen LogP contribution in [0.15, 0.2) is 88.9 Å². The van der Waals surface area contributed by atoms with Crippen molar-refractivity contribution in [3.8, 4) is 11.5 Å². The predicted octanol–water partition coefficient (Wildman–Crippen LogP) is 2.71. The zero-order valence-electron chi connectivity index (χ0n) is 23.3. The second-order valence-corrected chi connectivity index (χ2v) is 11.5. The molecule has 1 atom stereocenters. The van der Waals surface area contributed by atoms with Gasteiger partial charge >= 0.3 is 0 Å². The molecule has 1 fully saturated rings. The van der Waals surface area contributed by atoms with Crippen LogP contribution in [-0.4, -0.2) is 70.3 Å². The maximum absolute atomic E-state index is 13.4. The molecule has 0 spiro atoms. The monoisotopic (exact) mass is 594 g/mol. The fourth-order valence-corrected chi connectivity index (χ4v) is 5.55. The van der Waals surface area contributed by atoms with Crippen LogP contribution in [0.4, 0.5) is 0 Å². The molecule has 0 aliphatic carbocycles. The topological polar surface area (TPSA) is 136 Å². The highest BCUT2D eigenvalue weighted by Crippen LogP contribution is 2.21. The van der Waals surface area contributed by atoms with Crippen LogP contribution in [0, 0.1) is 0 Å². The molecule has 3 aromatic carbocycles. The summed E-state index contributed by atoms with van der Waals surface area (Å²) in [6.45, 7) is 0.647. The van der Waals surface area contributed by atoms with E-state index in [0.29, 0.717) is 23.6 Å². The lowest BCUT2D eigenvalue weighted by molar-refractivity contribution is -0.123. The third-order valence-corrected chi connectivity index (χ3v) is 8.23. The molecule has 11 nitrogen and oxygen atoms in total. The minimum atomic E-state index is -4.00. The van der Waals surface area contributed by atoms with Crippen molar-refractivity contribution >= 4 is 28.1 Å². The minimum Gasteiger partial charge on any atom is -0.497 e. The maximum Gasteiger partial charge on any atom is 0.258 e. The molecule has 42 heavy (non-hydrogen) atoms. The van der Waals surface area contributed by atoms with E-state index in [2.05, 4.69) is 15.8 Å². The number of methoxy groups -OCH3 is 1. The summed E-state index contributed by atoms with van der Waals surface area (Å²) < 4.78 is 44.0. The van der Waals surface area contributed by atoms with Crippen molar-refractivity contribution in [2.45, 2.75) is 30.4 Å². The Hall–Kier alpha value is -4.26. The fraction of sp³-hybridized carbons (Fsp3) is 0.300. The molecule has 0 bridgehead atoms. The normalized spacial score (nSPS) is 15.0. The van der Waals surface area contributed by atoms with Gasteiger partial charge in [0.1, 0.15) is 11.5 Å². The molecular formula is C30H34N4O7S. The largest absolute Gasteiger partial charge is 0.497 e. The first kappa shape index (κ1) is 30.7. The molecule has 0 saturated carbocycles. The summed E-state index contributed by atoms with van der Waals surface area (Å²) in [5.74, 6) is 0.192. The molecular weight excluding hydrogens is 560 g/mol. The Morgan fingerprint density at radius 1 is 1.00 bits per heavy atom. The van der Waals surface area contributed by atoms with Gasteiger partial charge in [-0.1, -0.05) is 30.3 Å². The van der Waals surface area contributed by atoms with Gasteiger partial charge in [0.25, 0.3) is 11.8 Å². The summed E-state index contributed by atoms with van der Waals surface area (Å²) >= 11 is 0. The quantitative estimate of drug-likeness (QED) is 0.216. The van der Waals surface area contributed by atoms with Gasteiger partial charge in [0.15, 0.2) is 6.61 Å². The van der Waals surface area contributed by atoms with Gasteiger partial charge in [-0.2, -0.15) is 9.41 Å². The lowest BCUT2D eigenvalue weighted by Crippen LogP contribution is -2.39. The molecule has 0 aromatic heterocycles. The standard InChI is InChI=1S/C30H34N4O7S/c1-39-25-13-15-28(16-14-25)42(37,38)34(20-24-6-3-2-4-7-24)21-29(35)33-32-18-23-9-11-26(12-10-23)41-22-30(36)31-19-27-8-5-17-40-27/h2-4,6-7,9-16,18,27H,5,8,17,19-22H2,1H3,(H,31,36)(H,33,35)/b32-18+/t27-/m1/s1. The van der Waals surface area contributed by atoms with Crippen molar-refractivity contribution in [2.24, 2.45) is 5.10 Å². The molecule has 3 aromatic rings. The van der Waals surface area contributed by atoms with Crippen LogP contribution in [0.25, 0.3) is 0 Å². The average molecular weight is 595 g/mol. The summed E-state index contributed by atoms with van der Waals surface area (Å²) in [5.41, 5.74) is 3.79. The number of sulfonamides is 1. The zero-order valence-corrected chi connectivity index (χ0v) is 24.1. The van der Waals surface area contributed by atoms with Gasteiger partial charge in [-0.3, -0.25) is 9.59 Å². The van der Waals surface area contributed by atoms with Crippen molar-refractivity contribution in [3.05, 3.63) is 90.0 Å². The van der Waals surface area contributed by atoms with Crippen LogP contribution >= 0.6 is 0 Å². The molecule has 12 heteroatoms. The number of amides is 2. The number of benzene rings is 3. The Kier molecular flexibility index (Phi) is 11.0. The molecule has 2 N–H and O–H groups in total. The highest BCUT2D eigenvalue weighted by Gasteiger charge is 2.27. The third kappa shape index (κ3) is 9.13. The number of hydrogen-bond acceptors (Lipinski definition) is 8. The number of hydrazone groups is 1. The van der Waals surface area contributed by atoms with Crippen molar-refractivity contribution in [2.75, 3.05) is 33.4 Å². The fourth-order valence-electron chi connectivity index (χ4n) is 4.17. The van der Waals surface area contributed by atoms with Crippen molar-refractivity contribution in [3.63, 3.8) is 0 Å². The lowest BCUT2D eigenvalue weighted by Gasteiger charge is -2.21. The van der Waals surface area contributed by atoms with E-state index in [0.717, 1.165) is 29.3 Å². The van der Waals surface area contributed by atoms with E-state index in [1.54, 1.807) is 60.7 Å². The van der Waals surface area contributed by atoms with E-state index in [1.165, 1.54) is 25.5 Å². The molecule has 1 heterocycles. The third-order valence-electron chi connectivity index (χ3n) is 6.42. The van der Waals surface area contributed by atoms with E-state index in [1.807, 2.05) is 6.07 Å². The first-order valence-electron chi connectivity index (χ1n) is 13.4. The predicted molar refractivity (Wildman–Crippen MR) is 157 cm³/mol. The molecule has 1 aliphatic rings. The average Bonchev–Trinajstić information content (AvgIpc) is 3.54. The highest BCUT2D eigenvalue weighted by atomic mass is 32.2. The van der Waals surface area contributed by atoms with Gasteiger partial charge in [-0.05, 0) is 72.5 Å². The van der Waals surface area contributed by atoms with Gasteiger partial charge in [-0.15, -0.1) is 0 Å². The second-order valence-electron chi connectivity index (χ2n) is 9.52. The van der Waals surface area contributed by atoms with Crippen molar-refractivity contribution in [1.82, 2.24) is 15.0 Å². The number of rotatable bonds is 14. The Bertz CT molecular complexity index is 1440. The first-order valence-corrected chi connectivity index (χ1v) is 14.9. The van der Waals surface area contributed by atoms with Gasteiger partial charge in [0, 0.05) is 19.7 Å². The van der Waals surface area contributed by atoms with Crippen LogP contribution < -0.4 is 20.2 Å². The van der Waals surface area contributed by atoms with E-state index in [-0.39, 0.29) is 30.1 Å². The number of ether oxygens (including phenoxy) is 3. The molecule has 1 aliphatic heterocycles. The van der Waals surface area contributed by atoms with Crippen molar-refractivity contribution in [1.29, 1.82) is 0 Å². The van der Waals surface area contributed by atoms with E-state index >= 15 is 0 Å². The van der Waals surface area contributed by atoms with Crippen LogP contribution in [0.1, 0.15) is 24.0 Å². The van der Waals surface area contributed by atoms with E-state index in [4.69, 9.17) is 14.2 Å². The Labute approximate surface area is 245 Å². The van der Waals surface area contributed by atoms with Crippen LogP contribution in [0.2, 0.25) is 0 Å². The number of carbonyl (C=O) groups is 2. The second kappa shape index (κ2) is 15.1. The first-order chi connectivity index (χ1) is 20.3. The molecule has 1 saturated heterocycles. The van der Waals surface area contributed by atoms with Gasteiger partial charge in [0.05, 0.1) is 30.9 Å². The Morgan fingerprint density at radius 3 is 2.38 bits per heavy atom. The highest BCUT2D eigenvalue weighted by molar-refractivity contribution is 7.89. The zero-order chi connectivity index (χ0) is 29.8.